The van der Waals surface area contributed by atoms with Gasteiger partial charge in [0.1, 0.15) is 16.3 Å². The molecule has 7 nitrogen and oxygen atoms in total. The topological polar surface area (TPSA) is 86.1 Å². The van der Waals surface area contributed by atoms with Gasteiger partial charge in [0.15, 0.2) is 5.82 Å². The number of aryl methyl sites for hydroxylation is 1. The van der Waals surface area contributed by atoms with Crippen molar-refractivity contribution < 1.29 is 13.2 Å². The molecule has 0 amide bonds. The van der Waals surface area contributed by atoms with E-state index in [4.69, 9.17) is 16.3 Å². The first-order valence-electron chi connectivity index (χ1n) is 11.2. The highest BCUT2D eigenvalue weighted by Gasteiger charge is 2.20. The zero-order chi connectivity index (χ0) is 25.3. The summed E-state index contributed by atoms with van der Waals surface area (Å²) in [7, 11) is -2.28. The van der Waals surface area contributed by atoms with E-state index < -0.39 is 10.0 Å². The molecule has 0 radical (unpaired) electrons. The lowest BCUT2D eigenvalue weighted by molar-refractivity contribution is 0.415. The van der Waals surface area contributed by atoms with Crippen LogP contribution in [-0.4, -0.2) is 30.1 Å². The maximum Gasteiger partial charge on any atom is 0.264 e. The van der Waals surface area contributed by atoms with Crippen LogP contribution in [-0.2, 0) is 16.6 Å². The summed E-state index contributed by atoms with van der Waals surface area (Å²) >= 11 is 6.11. The van der Waals surface area contributed by atoms with Crippen LogP contribution in [0.25, 0.3) is 22.2 Å². The van der Waals surface area contributed by atoms with Crippen LogP contribution in [0.15, 0.2) is 90.1 Å². The van der Waals surface area contributed by atoms with Crippen molar-refractivity contribution in [2.75, 3.05) is 11.8 Å². The summed E-state index contributed by atoms with van der Waals surface area (Å²) in [5.74, 6) is 0.959. The van der Waals surface area contributed by atoms with E-state index in [2.05, 4.69) is 38.3 Å². The quantitative estimate of drug-likeness (QED) is 0.289. The molecule has 36 heavy (non-hydrogen) atoms. The third-order valence-electron chi connectivity index (χ3n) is 5.94. The SMILES string of the molecule is COc1ccc2c(c1)cc(C)n2Cc1ccc(-c2nccnc2NS(=O)(=O)c2ccccc2Cl)cc1. The number of fused-ring (bicyclic) bond motifs is 1. The average Bonchev–Trinajstić information content (AvgIpc) is 3.18. The molecule has 0 saturated heterocycles. The fraction of sp³-hybridized carbons (Fsp3) is 0.111. The highest BCUT2D eigenvalue weighted by molar-refractivity contribution is 7.92. The average molecular weight is 519 g/mol. The molecule has 2 heterocycles. The van der Waals surface area contributed by atoms with E-state index in [1.165, 1.54) is 24.5 Å². The Kier molecular flexibility index (Phi) is 6.38. The first-order valence-corrected chi connectivity index (χ1v) is 13.0. The van der Waals surface area contributed by atoms with Crippen molar-refractivity contribution in [1.82, 2.24) is 14.5 Å². The minimum absolute atomic E-state index is 0.0226. The van der Waals surface area contributed by atoms with Gasteiger partial charge in [0.05, 0.1) is 12.1 Å². The summed E-state index contributed by atoms with van der Waals surface area (Å²) in [4.78, 5) is 8.59. The second-order valence-corrected chi connectivity index (χ2v) is 10.3. The summed E-state index contributed by atoms with van der Waals surface area (Å²) in [6.45, 7) is 2.77. The summed E-state index contributed by atoms with van der Waals surface area (Å²) < 4.78 is 36.0. The number of benzene rings is 3. The Labute approximate surface area is 214 Å². The molecule has 0 fully saturated rings. The van der Waals surface area contributed by atoms with Crippen LogP contribution in [0, 0.1) is 6.92 Å². The minimum Gasteiger partial charge on any atom is -0.497 e. The van der Waals surface area contributed by atoms with Gasteiger partial charge in [0.2, 0.25) is 0 Å². The number of halogens is 1. The molecule has 0 aliphatic carbocycles. The van der Waals surface area contributed by atoms with Gasteiger partial charge in [-0.2, -0.15) is 0 Å². The minimum atomic E-state index is -3.94. The third-order valence-corrected chi connectivity index (χ3v) is 7.78. The molecule has 0 aliphatic heterocycles. The fourth-order valence-corrected chi connectivity index (χ4v) is 5.68. The lowest BCUT2D eigenvalue weighted by atomic mass is 10.1. The molecule has 2 aromatic heterocycles. The number of ether oxygens (including phenoxy) is 1. The second kappa shape index (κ2) is 9.64. The van der Waals surface area contributed by atoms with Crippen molar-refractivity contribution in [3.05, 3.63) is 101 Å². The van der Waals surface area contributed by atoms with Crippen LogP contribution in [0.5, 0.6) is 5.75 Å². The summed E-state index contributed by atoms with van der Waals surface area (Å²) in [5, 5.41) is 1.25. The summed E-state index contributed by atoms with van der Waals surface area (Å²) in [6.07, 6.45) is 2.97. The molecule has 0 spiro atoms. The van der Waals surface area contributed by atoms with Gasteiger partial charge in [-0.15, -0.1) is 0 Å². The Bertz CT molecular complexity index is 1660. The molecular formula is C27H23ClN4O3S. The molecule has 0 aliphatic rings. The van der Waals surface area contributed by atoms with Crippen LogP contribution in [0.1, 0.15) is 11.3 Å². The number of methoxy groups -OCH3 is 1. The molecule has 1 N–H and O–H groups in total. The molecule has 182 valence electrons. The van der Waals surface area contributed by atoms with E-state index in [9.17, 15) is 8.42 Å². The predicted octanol–water partition coefficient (Wildman–Crippen LogP) is 5.92. The number of hydrogen-bond donors (Lipinski definition) is 1. The van der Waals surface area contributed by atoms with Crippen molar-refractivity contribution in [2.24, 2.45) is 0 Å². The molecule has 5 rings (SSSR count). The molecule has 5 aromatic rings. The highest BCUT2D eigenvalue weighted by atomic mass is 35.5. The number of nitrogens with one attached hydrogen (secondary N) is 1. The van der Waals surface area contributed by atoms with Crippen molar-refractivity contribution in [3.63, 3.8) is 0 Å². The number of anilines is 1. The summed E-state index contributed by atoms with van der Waals surface area (Å²) in [5.41, 5.74) is 4.53. The van der Waals surface area contributed by atoms with Gasteiger partial charge < -0.3 is 9.30 Å². The van der Waals surface area contributed by atoms with E-state index in [0.29, 0.717) is 12.2 Å². The highest BCUT2D eigenvalue weighted by Crippen LogP contribution is 2.29. The van der Waals surface area contributed by atoms with Crippen molar-refractivity contribution in [2.45, 2.75) is 18.4 Å². The zero-order valence-corrected chi connectivity index (χ0v) is 21.2. The second-order valence-electron chi connectivity index (χ2n) is 8.28. The Hall–Kier alpha value is -3.88. The van der Waals surface area contributed by atoms with Crippen LogP contribution >= 0.6 is 11.6 Å². The third kappa shape index (κ3) is 4.65. The lowest BCUT2D eigenvalue weighted by Gasteiger charge is -2.13. The molecule has 0 saturated carbocycles. The van der Waals surface area contributed by atoms with Crippen molar-refractivity contribution in [1.29, 1.82) is 0 Å². The molecule has 3 aromatic carbocycles. The number of aromatic nitrogens is 3. The maximum absolute atomic E-state index is 12.9. The van der Waals surface area contributed by atoms with Gasteiger partial charge in [-0.25, -0.2) is 13.4 Å². The maximum atomic E-state index is 12.9. The van der Waals surface area contributed by atoms with Crippen molar-refractivity contribution in [3.8, 4) is 17.0 Å². The Morgan fingerprint density at radius 2 is 1.72 bits per heavy atom. The Balaban J connectivity index is 1.42. The van der Waals surface area contributed by atoms with Gasteiger partial charge in [0, 0.05) is 41.1 Å². The van der Waals surface area contributed by atoms with E-state index in [-0.39, 0.29) is 15.7 Å². The largest absolute Gasteiger partial charge is 0.497 e. The number of rotatable bonds is 7. The first kappa shape index (κ1) is 23.8. The monoisotopic (exact) mass is 518 g/mol. The molecule has 0 unspecified atom stereocenters. The Morgan fingerprint density at radius 3 is 2.47 bits per heavy atom. The zero-order valence-electron chi connectivity index (χ0n) is 19.6. The smallest absolute Gasteiger partial charge is 0.264 e. The first-order chi connectivity index (χ1) is 17.4. The van der Waals surface area contributed by atoms with Crippen molar-refractivity contribution >= 4 is 38.3 Å². The standard InChI is InChI=1S/C27H23ClN4O3S/c1-18-15-21-16-22(35-2)11-12-24(21)32(18)17-19-7-9-20(10-8-19)26-27(30-14-13-29-26)31-36(33,34)25-6-4-3-5-23(25)28/h3-16H,17H2,1-2H3,(H,30,31). The van der Waals surface area contributed by atoms with Gasteiger partial charge in [-0.05, 0) is 48.9 Å². The van der Waals surface area contributed by atoms with Gasteiger partial charge >= 0.3 is 0 Å². The molecule has 9 heteroatoms. The van der Waals surface area contributed by atoms with Gasteiger partial charge in [-0.1, -0.05) is 48.0 Å². The van der Waals surface area contributed by atoms with E-state index in [0.717, 1.165) is 33.5 Å². The van der Waals surface area contributed by atoms with Crippen LogP contribution < -0.4 is 9.46 Å². The van der Waals surface area contributed by atoms with Crippen LogP contribution in [0.3, 0.4) is 0 Å². The summed E-state index contributed by atoms with van der Waals surface area (Å²) in [6, 6.07) is 22.3. The predicted molar refractivity (Wildman–Crippen MR) is 142 cm³/mol. The van der Waals surface area contributed by atoms with Gasteiger partial charge in [0.25, 0.3) is 10.0 Å². The lowest BCUT2D eigenvalue weighted by Crippen LogP contribution is -2.15. The van der Waals surface area contributed by atoms with E-state index in [1.807, 2.05) is 36.4 Å². The number of sulfonamides is 1. The normalized spacial score (nSPS) is 11.5. The van der Waals surface area contributed by atoms with E-state index >= 15 is 0 Å². The van der Waals surface area contributed by atoms with Crippen LogP contribution in [0.4, 0.5) is 5.82 Å². The fourth-order valence-electron chi connectivity index (χ4n) is 4.14. The molecular weight excluding hydrogens is 496 g/mol. The Morgan fingerprint density at radius 1 is 0.972 bits per heavy atom. The number of hydrogen-bond acceptors (Lipinski definition) is 5. The van der Waals surface area contributed by atoms with Crippen LogP contribution in [0.2, 0.25) is 5.02 Å². The van der Waals surface area contributed by atoms with Gasteiger partial charge in [-0.3, -0.25) is 9.71 Å². The molecule has 0 atom stereocenters. The molecule has 0 bridgehead atoms. The van der Waals surface area contributed by atoms with E-state index in [1.54, 1.807) is 19.2 Å². The number of nitrogens with zero attached hydrogens (tertiary/aromatic N) is 3.